The van der Waals surface area contributed by atoms with E-state index in [1.165, 1.54) is 45.4 Å². The first kappa shape index (κ1) is 19.7. The average molecular weight is 531 g/mol. The Morgan fingerprint density at radius 2 is 0.769 bits per heavy atom. The van der Waals surface area contributed by atoms with Crippen LogP contribution in [0.3, 0.4) is 0 Å². The first-order valence-corrected chi connectivity index (χ1v) is 15.7. The first-order chi connectivity index (χ1) is 12.7. The van der Waals surface area contributed by atoms with Crippen molar-refractivity contribution in [1.29, 1.82) is 0 Å². The smallest absolute Gasteiger partial charge is 0.208 e. The summed E-state index contributed by atoms with van der Waals surface area (Å²) in [4.78, 5) is 0. The summed E-state index contributed by atoms with van der Waals surface area (Å²) in [6, 6.07) is 0. The van der Waals surface area contributed by atoms with Gasteiger partial charge < -0.3 is 9.47 Å². The van der Waals surface area contributed by atoms with E-state index >= 15 is 0 Å². The van der Waals surface area contributed by atoms with Crippen molar-refractivity contribution >= 4 is 118 Å². The van der Waals surface area contributed by atoms with Gasteiger partial charge in [0.15, 0.2) is 0 Å². The van der Waals surface area contributed by atoms with Crippen LogP contribution in [-0.2, 0) is 9.47 Å². The zero-order chi connectivity index (χ0) is 17.7. The van der Waals surface area contributed by atoms with Gasteiger partial charge in [-0.15, -0.1) is 23.5 Å². The van der Waals surface area contributed by atoms with Gasteiger partial charge in [0, 0.05) is 11.5 Å². The molecule has 5 heterocycles. The normalized spacial score (nSPS) is 25.8. The molecule has 0 saturated carbocycles. The molecular weight excluding hydrogens is 521 g/mol. The molecule has 0 aromatic heterocycles. The lowest BCUT2D eigenvalue weighted by atomic mass is 11.0. The van der Waals surface area contributed by atoms with Crippen molar-refractivity contribution in [2.75, 3.05) is 25.7 Å². The highest BCUT2D eigenvalue weighted by Crippen LogP contribution is 2.72. The van der Waals surface area contributed by atoms with Crippen LogP contribution in [0.4, 0.5) is 0 Å². The van der Waals surface area contributed by atoms with Crippen LogP contribution in [0.5, 0.6) is 0 Å². The van der Waals surface area contributed by atoms with E-state index in [9.17, 15) is 0 Å². The van der Waals surface area contributed by atoms with Crippen LogP contribution >= 0.6 is 118 Å². The molecule has 0 spiro atoms. The van der Waals surface area contributed by atoms with Gasteiger partial charge in [-0.25, -0.2) is 0 Å². The van der Waals surface area contributed by atoms with Gasteiger partial charge in [-0.3, -0.25) is 0 Å². The molecule has 0 unspecified atom stereocenters. The summed E-state index contributed by atoms with van der Waals surface area (Å²) in [6.07, 6.45) is 0. The Morgan fingerprint density at radius 3 is 1.12 bits per heavy atom. The number of methoxy groups -OCH3 is 2. The predicted molar refractivity (Wildman–Crippen MR) is 135 cm³/mol. The lowest BCUT2D eigenvalue weighted by Gasteiger charge is -2.08. The second-order valence-electron chi connectivity index (χ2n) is 4.80. The van der Waals surface area contributed by atoms with Gasteiger partial charge in [-0.05, 0) is 23.5 Å². The van der Waals surface area contributed by atoms with Crippen molar-refractivity contribution in [3.8, 4) is 0 Å². The Labute approximate surface area is 194 Å². The van der Waals surface area contributed by atoms with E-state index in [-0.39, 0.29) is 0 Å². The summed E-state index contributed by atoms with van der Waals surface area (Å²) < 4.78 is 22.3. The van der Waals surface area contributed by atoms with Gasteiger partial charge in [0.1, 0.15) is 0 Å². The van der Waals surface area contributed by atoms with Gasteiger partial charge in [0.05, 0.1) is 48.1 Å². The molecule has 138 valence electrons. The molecule has 5 rings (SSSR count). The molecule has 5 aliphatic rings. The third-order valence-electron chi connectivity index (χ3n) is 3.24. The molecule has 0 amide bonds. The van der Waals surface area contributed by atoms with Crippen molar-refractivity contribution < 1.29 is 9.47 Å². The van der Waals surface area contributed by atoms with Crippen molar-refractivity contribution in [3.05, 3.63) is 44.1 Å². The zero-order valence-electron chi connectivity index (χ0n) is 13.3. The van der Waals surface area contributed by atoms with Crippen LogP contribution in [-0.4, -0.2) is 25.7 Å². The Hall–Kier alpha value is 1.80. The minimum atomic E-state index is 0.863. The van der Waals surface area contributed by atoms with E-state index in [0.717, 1.165) is 10.2 Å². The largest absolute Gasteiger partial charge is 0.487 e. The molecule has 0 fully saturated rings. The third kappa shape index (κ3) is 3.78. The summed E-state index contributed by atoms with van der Waals surface area (Å²) in [7, 11) is 3.40. The Morgan fingerprint density at radius 1 is 0.462 bits per heavy atom. The van der Waals surface area contributed by atoms with Crippen LogP contribution in [0.15, 0.2) is 44.1 Å². The van der Waals surface area contributed by atoms with E-state index in [0.29, 0.717) is 0 Å². The quantitative estimate of drug-likeness (QED) is 0.342. The lowest BCUT2D eigenvalue weighted by molar-refractivity contribution is 0.267. The number of thioether (sulfide) groups is 10. The maximum Gasteiger partial charge on any atom is 0.208 e. The highest BCUT2D eigenvalue weighted by molar-refractivity contribution is 8.50. The van der Waals surface area contributed by atoms with Crippen LogP contribution in [0.2, 0.25) is 0 Å². The monoisotopic (exact) mass is 530 g/mol. The molecule has 0 aromatic rings. The number of ether oxygens (including phenoxy) is 2. The molecule has 12 heteroatoms. The average Bonchev–Trinajstić information content (AvgIpc) is 3.39. The molecule has 2 nitrogen and oxygen atoms in total. The van der Waals surface area contributed by atoms with E-state index in [1.54, 1.807) is 37.7 Å². The number of hydrogen-bond acceptors (Lipinski definition) is 12. The van der Waals surface area contributed by atoms with Crippen LogP contribution < -0.4 is 0 Å². The Balaban J connectivity index is 1.27. The second-order valence-corrected chi connectivity index (χ2v) is 17.2. The highest BCUT2D eigenvalue weighted by Gasteiger charge is 2.38. The number of hydrogen-bond donors (Lipinski definition) is 0. The highest BCUT2D eigenvalue weighted by atomic mass is 32.3. The second kappa shape index (κ2) is 8.50. The van der Waals surface area contributed by atoms with Crippen molar-refractivity contribution in [3.63, 3.8) is 0 Å². The minimum Gasteiger partial charge on any atom is -0.487 e. The maximum atomic E-state index is 5.43. The molecule has 0 saturated heterocycles. The van der Waals surface area contributed by atoms with E-state index in [4.69, 9.17) is 9.47 Å². The van der Waals surface area contributed by atoms with Crippen LogP contribution in [0.25, 0.3) is 0 Å². The van der Waals surface area contributed by atoms with Crippen LogP contribution in [0.1, 0.15) is 0 Å². The molecule has 0 N–H and O–H groups in total. The molecule has 26 heavy (non-hydrogen) atoms. The SMILES string of the molecule is COC1=C(OC)SC(=C2SC3=C(S2)SC(=C2SC4=C(SCCS4)S2)S3)S1. The Bertz CT molecular complexity index is 729. The van der Waals surface area contributed by atoms with Gasteiger partial charge in [-0.1, -0.05) is 70.6 Å². The maximum absolute atomic E-state index is 5.43. The topological polar surface area (TPSA) is 18.5 Å². The van der Waals surface area contributed by atoms with Crippen molar-refractivity contribution in [2.45, 2.75) is 0 Å². The molecule has 0 radical (unpaired) electrons. The third-order valence-corrected chi connectivity index (χ3v) is 18.2. The van der Waals surface area contributed by atoms with Crippen molar-refractivity contribution in [2.24, 2.45) is 0 Å². The summed E-state index contributed by atoms with van der Waals surface area (Å²) in [5.41, 5.74) is 0. The molecule has 0 atom stereocenters. The van der Waals surface area contributed by atoms with Gasteiger partial charge in [-0.2, -0.15) is 0 Å². The van der Waals surface area contributed by atoms with Gasteiger partial charge in [0.2, 0.25) is 10.2 Å². The molecule has 5 aliphatic heterocycles. The standard InChI is InChI=1S/C14H10O2S10/c1-15-5-6(16-2)20-9(19-5)10-23-13-14(24-10)26-12(25-13)11-21-7-8(22-11)18-4-3-17-7/h3-4H2,1-2H3. The van der Waals surface area contributed by atoms with Gasteiger partial charge in [0.25, 0.3) is 0 Å². The molecule has 0 aromatic carbocycles. The van der Waals surface area contributed by atoms with Gasteiger partial charge >= 0.3 is 0 Å². The van der Waals surface area contributed by atoms with E-state index in [2.05, 4.69) is 0 Å². The molecule has 0 aliphatic carbocycles. The van der Waals surface area contributed by atoms with Crippen LogP contribution in [0, 0.1) is 0 Å². The van der Waals surface area contributed by atoms with E-state index in [1.807, 2.05) is 94.1 Å². The lowest BCUT2D eigenvalue weighted by Crippen LogP contribution is -1.88. The minimum absolute atomic E-state index is 0.863. The summed E-state index contributed by atoms with van der Waals surface area (Å²) in [5.74, 6) is 2.49. The molecule has 0 bridgehead atoms. The fraction of sp³-hybridized carbons (Fsp3) is 0.286. The van der Waals surface area contributed by atoms with E-state index < -0.39 is 0 Å². The predicted octanol–water partition coefficient (Wildman–Crippen LogP) is 8.31. The van der Waals surface area contributed by atoms with Crippen molar-refractivity contribution in [1.82, 2.24) is 0 Å². The summed E-state index contributed by atoms with van der Waals surface area (Å²) in [5, 5.41) is 1.73. The first-order valence-electron chi connectivity index (χ1n) is 7.23. The fourth-order valence-electron chi connectivity index (χ4n) is 2.16. The zero-order valence-corrected chi connectivity index (χ0v) is 21.5. The molecular formula is C14H10O2S10. The fourth-order valence-corrected chi connectivity index (χ4v) is 17.3. The Kier molecular flexibility index (Phi) is 6.46. The summed E-state index contributed by atoms with van der Waals surface area (Å²) >= 11 is 19.1. The number of rotatable bonds is 2. The summed E-state index contributed by atoms with van der Waals surface area (Å²) in [6.45, 7) is 0.